The van der Waals surface area contributed by atoms with Crippen LogP contribution >= 0.6 is 11.8 Å². The molecular weight excluding hydrogens is 901 g/mol. The Morgan fingerprint density at radius 3 is 1.91 bits per heavy atom. The quantitative estimate of drug-likeness (QED) is 0.0143. The van der Waals surface area contributed by atoms with Crippen LogP contribution in [-0.2, 0) is 38.4 Å². The second-order valence-electron chi connectivity index (χ2n) is 16.5. The lowest BCUT2D eigenvalue weighted by molar-refractivity contribution is -0.393. The Morgan fingerprint density at radius 1 is 0.776 bits per heavy atom. The molecule has 13 N–H and O–H groups in total. The number of amides is 8. The molecule has 0 bridgehead atoms. The van der Waals surface area contributed by atoms with Gasteiger partial charge in [0.15, 0.2) is 5.96 Å². The monoisotopic (exact) mass is 964 g/mol. The summed E-state index contributed by atoms with van der Waals surface area (Å²) in [6.07, 6.45) is 3.24. The van der Waals surface area contributed by atoms with E-state index in [0.29, 0.717) is 12.2 Å². The van der Waals surface area contributed by atoms with E-state index >= 15 is 0 Å². The summed E-state index contributed by atoms with van der Waals surface area (Å²) in [4.78, 5) is 131. The van der Waals surface area contributed by atoms with Crippen LogP contribution in [0.5, 0.6) is 0 Å². The highest BCUT2D eigenvalue weighted by Gasteiger charge is 2.36. The van der Waals surface area contributed by atoms with Gasteiger partial charge in [-0.05, 0) is 74.9 Å². The number of thioether (sulfide) groups is 1. The number of nitro benzene ring substituents is 2. The fourth-order valence-electron chi connectivity index (χ4n) is 6.85. The molecule has 1 aromatic rings. The van der Waals surface area contributed by atoms with E-state index in [0.717, 1.165) is 18.2 Å². The largest absolute Gasteiger partial charge is 0.371 e. The highest BCUT2D eigenvalue weighted by molar-refractivity contribution is 7.98. The maximum absolute atomic E-state index is 13.7. The molecule has 372 valence electrons. The number of primary amides is 1. The van der Waals surface area contributed by atoms with Gasteiger partial charge < -0.3 is 59.3 Å². The summed E-state index contributed by atoms with van der Waals surface area (Å²) in [5.74, 6) is -5.53. The first-order chi connectivity index (χ1) is 31.5. The van der Waals surface area contributed by atoms with E-state index in [4.69, 9.17) is 17.2 Å². The van der Waals surface area contributed by atoms with Crippen LogP contribution in [0, 0.1) is 32.1 Å². The van der Waals surface area contributed by atoms with Gasteiger partial charge in [-0.1, -0.05) is 27.7 Å². The Labute approximate surface area is 391 Å². The topological polar surface area (TPSA) is 401 Å². The normalized spacial score (nSPS) is 15.0. The Hall–Kier alpha value is -6.80. The Balaban J connectivity index is 2.11. The van der Waals surface area contributed by atoms with Crippen molar-refractivity contribution in [3.05, 3.63) is 38.4 Å². The van der Waals surface area contributed by atoms with Crippen LogP contribution in [0.25, 0.3) is 0 Å². The van der Waals surface area contributed by atoms with Crippen molar-refractivity contribution >= 4 is 82.0 Å². The van der Waals surface area contributed by atoms with Gasteiger partial charge in [-0.3, -0.25) is 63.6 Å². The Morgan fingerprint density at radius 2 is 1.36 bits per heavy atom. The highest BCUT2D eigenvalue weighted by Crippen LogP contribution is 2.29. The molecule has 5 atom stereocenters. The predicted molar refractivity (Wildman–Crippen MR) is 248 cm³/mol. The summed E-state index contributed by atoms with van der Waals surface area (Å²) >= 11 is 1.38. The van der Waals surface area contributed by atoms with Crippen LogP contribution in [0.4, 0.5) is 17.1 Å². The number of non-ortho nitro benzene ring substituents is 1. The van der Waals surface area contributed by atoms with Gasteiger partial charge in [0.2, 0.25) is 47.3 Å². The van der Waals surface area contributed by atoms with Crippen molar-refractivity contribution in [3.8, 4) is 0 Å². The summed E-state index contributed by atoms with van der Waals surface area (Å²) in [7, 11) is 0. The molecule has 0 aliphatic carbocycles. The molecule has 1 aromatic carbocycles. The number of carbonyl (C=O) groups is 8. The molecule has 1 aliphatic rings. The van der Waals surface area contributed by atoms with Crippen molar-refractivity contribution in [1.29, 1.82) is 0 Å². The number of guanidine groups is 1. The maximum Gasteiger partial charge on any atom is 0.299 e. The van der Waals surface area contributed by atoms with E-state index in [2.05, 4.69) is 42.2 Å². The van der Waals surface area contributed by atoms with Crippen LogP contribution in [0.1, 0.15) is 72.6 Å². The lowest BCUT2D eigenvalue weighted by atomic mass is 10.0. The average molecular weight is 965 g/mol. The number of anilines is 1. The highest BCUT2D eigenvalue weighted by atomic mass is 32.2. The lowest BCUT2D eigenvalue weighted by Gasteiger charge is -2.27. The standard InChI is InChI=1S/C40H64N14O12S/c1-22(2)16-28(35(41)58)49-33(56)20-46-36(59)26(8-6-13-44-40(42)43)50-38(61)27(12-15-67-5)48-32(55)19-47-37(60)29(17-23(3)4)51-39(62)30-9-7-14-52(30)34(57)21-45-25-11-10-24(53(63)64)18-31(25)54(65)66/h10-11,18,22-23,26-30,45H,6-9,12-17,19-21H2,1-5H3,(H2,41,58)(H,46,59)(H,47,60)(H,48,55)(H,49,56)(H,50,61)(H,51,62)(H4,42,43,44). The van der Waals surface area contributed by atoms with Crippen molar-refractivity contribution in [1.82, 2.24) is 36.8 Å². The average Bonchev–Trinajstić information content (AvgIpc) is 3.76. The zero-order valence-electron chi connectivity index (χ0n) is 38.3. The fourth-order valence-corrected chi connectivity index (χ4v) is 7.33. The van der Waals surface area contributed by atoms with E-state index < -0.39 is 118 Å². The molecule has 27 heteroatoms. The predicted octanol–water partition coefficient (Wildman–Crippen LogP) is -1.54. The summed E-state index contributed by atoms with van der Waals surface area (Å²) < 4.78 is 0. The van der Waals surface area contributed by atoms with Crippen molar-refractivity contribution in [2.45, 2.75) is 103 Å². The van der Waals surface area contributed by atoms with Crippen LogP contribution in [0.3, 0.4) is 0 Å². The number of hydrogen-bond acceptors (Lipinski definition) is 15. The van der Waals surface area contributed by atoms with Crippen LogP contribution < -0.4 is 54.4 Å². The van der Waals surface area contributed by atoms with Gasteiger partial charge in [0, 0.05) is 19.2 Å². The molecule has 26 nitrogen and oxygen atoms in total. The molecule has 0 radical (unpaired) electrons. The van der Waals surface area contributed by atoms with Crippen LogP contribution in [-0.4, -0.2) is 143 Å². The van der Waals surface area contributed by atoms with E-state index in [1.54, 1.807) is 20.1 Å². The van der Waals surface area contributed by atoms with Gasteiger partial charge in [-0.25, -0.2) is 0 Å². The maximum atomic E-state index is 13.7. The number of carbonyl (C=O) groups excluding carboxylic acids is 8. The third-order valence-corrected chi connectivity index (χ3v) is 10.8. The molecule has 2 rings (SSSR count). The third-order valence-electron chi connectivity index (χ3n) is 10.1. The number of nitro groups is 2. The summed E-state index contributed by atoms with van der Waals surface area (Å²) in [5.41, 5.74) is 15.0. The zero-order valence-corrected chi connectivity index (χ0v) is 39.1. The Bertz CT molecular complexity index is 1980. The van der Waals surface area contributed by atoms with Gasteiger partial charge in [-0.15, -0.1) is 0 Å². The molecule has 0 aromatic heterocycles. The summed E-state index contributed by atoms with van der Waals surface area (Å²) in [6.45, 7) is 5.94. The molecule has 0 saturated carbocycles. The second kappa shape index (κ2) is 28.3. The van der Waals surface area contributed by atoms with Gasteiger partial charge in [0.05, 0.1) is 35.5 Å². The Kier molecular flexibility index (Phi) is 23.8. The van der Waals surface area contributed by atoms with Crippen molar-refractivity contribution in [2.24, 2.45) is 34.0 Å². The van der Waals surface area contributed by atoms with Crippen LogP contribution in [0.2, 0.25) is 0 Å². The molecular formula is C40H64N14O12S. The molecule has 1 fully saturated rings. The van der Waals surface area contributed by atoms with E-state index in [1.807, 2.05) is 13.8 Å². The minimum atomic E-state index is -1.22. The first-order valence-corrected chi connectivity index (χ1v) is 23.0. The molecule has 5 unspecified atom stereocenters. The molecule has 1 heterocycles. The smallest absolute Gasteiger partial charge is 0.299 e. The van der Waals surface area contributed by atoms with Crippen molar-refractivity contribution < 1.29 is 48.2 Å². The number of nitrogens with two attached hydrogens (primary N) is 3. The molecule has 0 spiro atoms. The van der Waals surface area contributed by atoms with Crippen LogP contribution in [0.15, 0.2) is 23.2 Å². The summed E-state index contributed by atoms with van der Waals surface area (Å²) in [6, 6.07) is -2.60. The fraction of sp³-hybridized carbons (Fsp3) is 0.625. The minimum Gasteiger partial charge on any atom is -0.371 e. The minimum absolute atomic E-state index is 0.0199. The number of nitrogens with one attached hydrogen (secondary N) is 7. The second-order valence-corrected chi connectivity index (χ2v) is 17.5. The number of rotatable bonds is 29. The van der Waals surface area contributed by atoms with Gasteiger partial charge in [-0.2, -0.15) is 11.8 Å². The summed E-state index contributed by atoms with van der Waals surface area (Å²) in [5, 5.41) is 40.6. The van der Waals surface area contributed by atoms with E-state index in [-0.39, 0.29) is 75.1 Å². The molecule has 1 saturated heterocycles. The van der Waals surface area contributed by atoms with Gasteiger partial charge >= 0.3 is 0 Å². The number of hydrogen-bond donors (Lipinski definition) is 10. The van der Waals surface area contributed by atoms with Gasteiger partial charge in [0.25, 0.3) is 11.4 Å². The van der Waals surface area contributed by atoms with E-state index in [1.165, 1.54) is 16.7 Å². The number of nitrogens with zero attached hydrogens (tertiary/aromatic N) is 4. The lowest BCUT2D eigenvalue weighted by Crippen LogP contribution is -2.57. The molecule has 1 aliphatic heterocycles. The zero-order chi connectivity index (χ0) is 50.4. The third kappa shape index (κ3) is 20.1. The van der Waals surface area contributed by atoms with E-state index in [9.17, 15) is 58.6 Å². The van der Waals surface area contributed by atoms with Crippen molar-refractivity contribution in [2.75, 3.05) is 50.0 Å². The molecule has 67 heavy (non-hydrogen) atoms. The SMILES string of the molecule is CSCCC(NC(=O)CNC(=O)C(CC(C)C)NC(=O)C1CCCN1C(=O)CNc1ccc([N+](=O)[O-])cc1[N+](=O)[O-])C(=O)NC(CCCN=C(N)N)C(=O)NCC(=O)NC(CC(C)C)C(N)=O. The number of aliphatic imine (C=N–C) groups is 1. The molecule has 8 amide bonds. The first-order valence-electron chi connectivity index (χ1n) is 21.6. The number of benzene rings is 1. The van der Waals surface area contributed by atoms with Gasteiger partial charge in [0.1, 0.15) is 35.9 Å². The number of likely N-dealkylation sites (tertiary alicyclic amines) is 1. The van der Waals surface area contributed by atoms with Crippen molar-refractivity contribution in [3.63, 3.8) is 0 Å². The first kappa shape index (κ1) is 56.3.